The van der Waals surface area contributed by atoms with Gasteiger partial charge in [-0.1, -0.05) is 30.3 Å². The molecule has 0 spiro atoms. The van der Waals surface area contributed by atoms with E-state index in [1.807, 2.05) is 30.3 Å². The molecule has 1 saturated heterocycles. The van der Waals surface area contributed by atoms with Crippen LogP contribution in [-0.2, 0) is 9.59 Å². The van der Waals surface area contributed by atoms with Crippen LogP contribution >= 0.6 is 0 Å². The number of urea groups is 1. The molecule has 1 aliphatic heterocycles. The van der Waals surface area contributed by atoms with Crippen molar-refractivity contribution in [2.24, 2.45) is 0 Å². The Kier molecular flexibility index (Phi) is 3.91. The second-order valence-corrected chi connectivity index (χ2v) is 5.15. The first-order valence-corrected chi connectivity index (χ1v) is 7.11. The Hall–Kier alpha value is -3.35. The lowest BCUT2D eigenvalue weighted by Gasteiger charge is -2.11. The minimum Gasteiger partial charge on any atom is -0.548 e. The highest BCUT2D eigenvalue weighted by Gasteiger charge is 2.33. The molecule has 7 nitrogen and oxygen atoms in total. The number of rotatable bonds is 4. The van der Waals surface area contributed by atoms with Crippen LogP contribution in [0, 0.1) is 0 Å². The highest BCUT2D eigenvalue weighted by atomic mass is 16.5. The second kappa shape index (κ2) is 6.04. The molecule has 0 aliphatic carbocycles. The zero-order chi connectivity index (χ0) is 17.3. The van der Waals surface area contributed by atoms with Crippen LogP contribution in [0.25, 0.3) is 16.8 Å². The number of hydrogen-bond acceptors (Lipinski definition) is 5. The summed E-state index contributed by atoms with van der Waals surface area (Å²) in [4.78, 5) is 35.2. The summed E-state index contributed by atoms with van der Waals surface area (Å²) in [5.74, 6) is -1.71. The number of nitrogens with zero attached hydrogens (tertiary/aromatic N) is 1. The predicted octanol–water partition coefficient (Wildman–Crippen LogP) is 0.491. The first-order valence-electron chi connectivity index (χ1n) is 7.11. The quantitative estimate of drug-likeness (QED) is 0.651. The van der Waals surface area contributed by atoms with Crippen molar-refractivity contribution in [2.45, 2.75) is 0 Å². The number of carbonyl (C=O) groups is 3. The Bertz CT molecular complexity index is 888. The fourth-order valence-electron chi connectivity index (χ4n) is 2.59. The summed E-state index contributed by atoms with van der Waals surface area (Å²) in [6, 6.07) is 10.4. The number of fused-ring (bicyclic) bond motifs is 1. The number of carbonyl (C=O) groups excluding carboxylic acids is 3. The number of amides is 3. The number of methoxy groups -OCH3 is 1. The molecule has 0 saturated carbocycles. The van der Waals surface area contributed by atoms with Gasteiger partial charge in [0.25, 0.3) is 5.91 Å². The number of nitrogens with one attached hydrogen (secondary N) is 1. The lowest BCUT2D eigenvalue weighted by Crippen LogP contribution is -2.41. The molecule has 0 unspecified atom stereocenters. The summed E-state index contributed by atoms with van der Waals surface area (Å²) < 4.78 is 5.33. The van der Waals surface area contributed by atoms with Crippen LogP contribution in [0.15, 0.2) is 42.1 Å². The summed E-state index contributed by atoms with van der Waals surface area (Å²) in [6.45, 7) is -0.797. The largest absolute Gasteiger partial charge is 0.548 e. The maximum Gasteiger partial charge on any atom is 0.329 e. The average molecular weight is 325 g/mol. The molecule has 0 atom stereocenters. The standard InChI is InChI=1S/C17H14N2O5/c1-24-14-7-6-10-4-2-3-5-11(10)12(14)8-13-16(22)19(9-15(20)21)17(23)18-13/h2-8H,9H2,1H3,(H,18,23)(H,20,21)/p-1/b13-8-. The van der Waals surface area contributed by atoms with E-state index in [-0.39, 0.29) is 5.70 Å². The molecule has 0 bridgehead atoms. The monoisotopic (exact) mass is 325 g/mol. The van der Waals surface area contributed by atoms with Crippen molar-refractivity contribution in [3.63, 3.8) is 0 Å². The van der Waals surface area contributed by atoms with Crippen LogP contribution in [0.4, 0.5) is 4.79 Å². The van der Waals surface area contributed by atoms with Gasteiger partial charge >= 0.3 is 6.03 Å². The van der Waals surface area contributed by atoms with Crippen molar-refractivity contribution in [3.8, 4) is 5.75 Å². The summed E-state index contributed by atoms with van der Waals surface area (Å²) in [6.07, 6.45) is 1.48. The molecule has 3 amide bonds. The van der Waals surface area contributed by atoms with E-state index in [4.69, 9.17) is 4.74 Å². The maximum atomic E-state index is 12.2. The fraction of sp³-hybridized carbons (Fsp3) is 0.118. The smallest absolute Gasteiger partial charge is 0.329 e. The number of ether oxygens (including phenoxy) is 1. The lowest BCUT2D eigenvalue weighted by molar-refractivity contribution is -0.305. The second-order valence-electron chi connectivity index (χ2n) is 5.15. The topological polar surface area (TPSA) is 98.8 Å². The van der Waals surface area contributed by atoms with E-state index in [9.17, 15) is 19.5 Å². The van der Waals surface area contributed by atoms with Gasteiger partial charge in [-0.05, 0) is 22.9 Å². The lowest BCUT2D eigenvalue weighted by atomic mass is 10.0. The van der Waals surface area contributed by atoms with Gasteiger partial charge in [-0.3, -0.25) is 9.69 Å². The summed E-state index contributed by atoms with van der Waals surface area (Å²) >= 11 is 0. The minimum atomic E-state index is -1.51. The predicted molar refractivity (Wildman–Crippen MR) is 83.7 cm³/mol. The zero-order valence-corrected chi connectivity index (χ0v) is 12.7. The van der Waals surface area contributed by atoms with E-state index < -0.39 is 24.5 Å². The van der Waals surface area contributed by atoms with Crippen molar-refractivity contribution in [1.82, 2.24) is 10.2 Å². The van der Waals surface area contributed by atoms with Crippen molar-refractivity contribution in [2.75, 3.05) is 13.7 Å². The van der Waals surface area contributed by atoms with E-state index in [0.29, 0.717) is 16.2 Å². The highest BCUT2D eigenvalue weighted by Crippen LogP contribution is 2.30. The van der Waals surface area contributed by atoms with E-state index in [2.05, 4.69) is 5.32 Å². The van der Waals surface area contributed by atoms with E-state index in [1.54, 1.807) is 6.07 Å². The molecule has 1 N–H and O–H groups in total. The van der Waals surface area contributed by atoms with Gasteiger partial charge in [-0.2, -0.15) is 0 Å². The van der Waals surface area contributed by atoms with Crippen molar-refractivity contribution in [3.05, 3.63) is 47.7 Å². The van der Waals surface area contributed by atoms with Gasteiger partial charge in [0.05, 0.1) is 19.6 Å². The molecule has 2 aromatic carbocycles. The normalized spacial score (nSPS) is 15.9. The van der Waals surface area contributed by atoms with Crippen LogP contribution in [0.2, 0.25) is 0 Å². The summed E-state index contributed by atoms with van der Waals surface area (Å²) in [7, 11) is 1.50. The SMILES string of the molecule is COc1ccc2ccccc2c1/C=C1\NC(=O)N(CC(=O)[O-])C1=O. The number of aliphatic carboxylic acids is 1. The van der Waals surface area contributed by atoms with Crippen LogP contribution < -0.4 is 15.2 Å². The van der Waals surface area contributed by atoms with Crippen molar-refractivity contribution < 1.29 is 24.2 Å². The Labute approximate surface area is 137 Å². The van der Waals surface area contributed by atoms with Crippen LogP contribution in [0.1, 0.15) is 5.56 Å². The van der Waals surface area contributed by atoms with Crippen LogP contribution in [0.5, 0.6) is 5.75 Å². The molecule has 3 rings (SSSR count). The van der Waals surface area contributed by atoms with E-state index >= 15 is 0 Å². The average Bonchev–Trinajstić information content (AvgIpc) is 2.82. The minimum absolute atomic E-state index is 0.0177. The van der Waals surface area contributed by atoms with Gasteiger partial charge < -0.3 is 20.0 Å². The van der Waals surface area contributed by atoms with Crippen LogP contribution in [-0.4, -0.2) is 36.5 Å². The Balaban J connectivity index is 2.09. The first-order chi connectivity index (χ1) is 11.5. The van der Waals surface area contributed by atoms with Gasteiger partial charge in [0.2, 0.25) is 0 Å². The summed E-state index contributed by atoms with van der Waals surface area (Å²) in [5.41, 5.74) is 0.602. The third-order valence-electron chi connectivity index (χ3n) is 3.69. The zero-order valence-electron chi connectivity index (χ0n) is 12.7. The molecule has 0 radical (unpaired) electrons. The molecule has 24 heavy (non-hydrogen) atoms. The fourth-order valence-corrected chi connectivity index (χ4v) is 2.59. The Morgan fingerprint density at radius 1 is 1.25 bits per heavy atom. The van der Waals surface area contributed by atoms with Crippen LogP contribution in [0.3, 0.4) is 0 Å². The van der Waals surface area contributed by atoms with Crippen molar-refractivity contribution in [1.29, 1.82) is 0 Å². The number of imide groups is 1. The molecular formula is C17H13N2O5-. The molecule has 122 valence electrons. The molecule has 1 fully saturated rings. The van der Waals surface area contributed by atoms with E-state index in [1.165, 1.54) is 13.2 Å². The molecular weight excluding hydrogens is 312 g/mol. The molecule has 1 heterocycles. The van der Waals surface area contributed by atoms with Gasteiger partial charge in [0.1, 0.15) is 11.4 Å². The van der Waals surface area contributed by atoms with Crippen molar-refractivity contribution >= 4 is 34.8 Å². The van der Waals surface area contributed by atoms with Gasteiger partial charge in [0.15, 0.2) is 0 Å². The van der Waals surface area contributed by atoms with E-state index in [0.717, 1.165) is 10.8 Å². The van der Waals surface area contributed by atoms with Gasteiger partial charge in [0, 0.05) is 5.56 Å². The third-order valence-corrected chi connectivity index (χ3v) is 3.69. The number of carboxylic acids is 1. The number of carboxylic acid groups (broad SMARTS) is 1. The Morgan fingerprint density at radius 3 is 2.71 bits per heavy atom. The highest BCUT2D eigenvalue weighted by molar-refractivity contribution is 6.15. The first kappa shape index (κ1) is 15.5. The summed E-state index contributed by atoms with van der Waals surface area (Å²) in [5, 5.41) is 14.8. The molecule has 1 aliphatic rings. The Morgan fingerprint density at radius 2 is 2.00 bits per heavy atom. The third kappa shape index (κ3) is 2.67. The maximum absolute atomic E-state index is 12.2. The van der Waals surface area contributed by atoms with Gasteiger partial charge in [-0.15, -0.1) is 0 Å². The molecule has 7 heteroatoms. The number of hydrogen-bond donors (Lipinski definition) is 1. The molecule has 2 aromatic rings. The number of benzene rings is 2. The molecule has 0 aromatic heterocycles. The van der Waals surface area contributed by atoms with Gasteiger partial charge in [-0.25, -0.2) is 4.79 Å².